The van der Waals surface area contributed by atoms with E-state index in [1.165, 1.54) is 0 Å². The van der Waals surface area contributed by atoms with Crippen LogP contribution in [0.15, 0.2) is 91.0 Å². The molecule has 0 amide bonds. The van der Waals surface area contributed by atoms with Gasteiger partial charge in [0.25, 0.3) is 0 Å². The van der Waals surface area contributed by atoms with E-state index in [4.69, 9.17) is 11.2 Å². The van der Waals surface area contributed by atoms with Gasteiger partial charge in [-0.3, -0.25) is 0 Å². The summed E-state index contributed by atoms with van der Waals surface area (Å²) in [5, 5.41) is 0. The maximum atomic E-state index is 6.47. The predicted octanol–water partition coefficient (Wildman–Crippen LogP) is 2.92. The van der Waals surface area contributed by atoms with Crippen LogP contribution < -0.4 is 7.16 Å². The van der Waals surface area contributed by atoms with Crippen molar-refractivity contribution < 1.29 is 11.2 Å². The van der Waals surface area contributed by atoms with E-state index in [-0.39, 0.29) is 0 Å². The number of benzene rings is 3. The van der Waals surface area contributed by atoms with Crippen molar-refractivity contribution in [3.63, 3.8) is 0 Å². The topological polar surface area (TPSA) is 27.7 Å². The molecule has 3 aromatic rings. The molecule has 0 bridgehead atoms. The number of hydrogen-bond donors (Lipinski definition) is 0. The Balaban J connectivity index is 1.77. The van der Waals surface area contributed by atoms with Crippen LogP contribution in [0, 0.1) is 0 Å². The van der Waals surface area contributed by atoms with Crippen molar-refractivity contribution in [3.05, 3.63) is 96.6 Å². The first-order chi connectivity index (χ1) is 11.4. The zero-order valence-electron chi connectivity index (χ0n) is 12.5. The molecule has 0 spiro atoms. The summed E-state index contributed by atoms with van der Waals surface area (Å²) in [5.41, 5.74) is 0.970. The molecule has 4 heteroatoms. The van der Waals surface area contributed by atoms with Gasteiger partial charge in [-0.05, 0) is 0 Å². The van der Waals surface area contributed by atoms with Crippen molar-refractivity contribution in [2.75, 3.05) is 0 Å². The van der Waals surface area contributed by atoms with Crippen LogP contribution in [-0.2, 0) is 11.2 Å². The molecule has 1 aliphatic rings. The average Bonchev–Trinajstić information content (AvgIpc) is 3.11. The van der Waals surface area contributed by atoms with Crippen LogP contribution in [0.4, 0.5) is 0 Å². The summed E-state index contributed by atoms with van der Waals surface area (Å²) < 4.78 is 14.6. The summed E-state index contributed by atoms with van der Waals surface area (Å²) >= 11 is -3.77. The summed E-state index contributed by atoms with van der Waals surface area (Å²) in [6, 6.07) is 30.2. The fourth-order valence-corrected chi connectivity index (χ4v) is 10.7. The van der Waals surface area contributed by atoms with Crippen molar-refractivity contribution in [2.45, 2.75) is 6.29 Å². The average molecular weight is 411 g/mol. The molecule has 0 radical (unpaired) electrons. The standard InChI is InChI=1S/C7H7O3.2C6H5.Sn/c8-7(10-9)6-4-2-1-3-5-6;2*1-2-4-6-5-3-1;/h1-5,7,9H;2*1-5H;/q-1;;;+2/p-1/t7-;;;/m0.../s1. The Morgan fingerprint density at radius 3 is 1.61 bits per heavy atom. The summed E-state index contributed by atoms with van der Waals surface area (Å²) in [6.07, 6.45) is -0.479. The van der Waals surface area contributed by atoms with Gasteiger partial charge in [-0.25, -0.2) is 0 Å². The zero-order valence-corrected chi connectivity index (χ0v) is 15.3. The van der Waals surface area contributed by atoms with Crippen molar-refractivity contribution in [1.82, 2.24) is 0 Å². The van der Waals surface area contributed by atoms with Crippen LogP contribution >= 0.6 is 0 Å². The quantitative estimate of drug-likeness (QED) is 0.490. The first kappa shape index (κ1) is 14.9. The Morgan fingerprint density at radius 1 is 0.609 bits per heavy atom. The van der Waals surface area contributed by atoms with Crippen LogP contribution in [0.1, 0.15) is 11.9 Å². The molecule has 1 atom stereocenters. The first-order valence-corrected chi connectivity index (χ1v) is 12.8. The van der Waals surface area contributed by atoms with E-state index in [2.05, 4.69) is 24.3 Å². The third-order valence-corrected chi connectivity index (χ3v) is 12.6. The van der Waals surface area contributed by atoms with E-state index >= 15 is 0 Å². The Hall–Kier alpha value is -1.66. The molecule has 0 unspecified atom stereocenters. The molecule has 4 rings (SSSR count). The van der Waals surface area contributed by atoms with Gasteiger partial charge in [-0.2, -0.15) is 0 Å². The van der Waals surface area contributed by atoms with Crippen molar-refractivity contribution in [2.24, 2.45) is 0 Å². The molecule has 0 saturated carbocycles. The van der Waals surface area contributed by atoms with E-state index in [0.29, 0.717) is 0 Å². The summed E-state index contributed by atoms with van der Waals surface area (Å²) in [4.78, 5) is 5.63. The van der Waals surface area contributed by atoms with Crippen molar-refractivity contribution >= 4 is 26.4 Å². The minimum atomic E-state index is -3.77. The monoisotopic (exact) mass is 412 g/mol. The molecule has 1 aliphatic heterocycles. The summed E-state index contributed by atoms with van der Waals surface area (Å²) in [5.74, 6) is 0. The van der Waals surface area contributed by atoms with E-state index in [1.54, 1.807) is 0 Å². The molecule has 3 nitrogen and oxygen atoms in total. The molecule has 23 heavy (non-hydrogen) atoms. The van der Waals surface area contributed by atoms with Gasteiger partial charge in [0.2, 0.25) is 0 Å². The molecule has 0 aromatic heterocycles. The first-order valence-electron chi connectivity index (χ1n) is 7.57. The van der Waals surface area contributed by atoms with E-state index in [0.717, 1.165) is 12.7 Å². The fourth-order valence-electron chi connectivity index (χ4n) is 2.75. The van der Waals surface area contributed by atoms with E-state index in [1.807, 2.05) is 66.7 Å². The van der Waals surface area contributed by atoms with Crippen molar-refractivity contribution in [3.8, 4) is 0 Å². The third-order valence-electron chi connectivity index (χ3n) is 3.91. The number of hydrogen-bond acceptors (Lipinski definition) is 3. The molecular weight excluding hydrogens is 395 g/mol. The SMILES string of the molecule is c1ccc([C@@H]2O[O][Sn]([c]3ccccc3)([c]3ccccc3)[O]2)cc1. The normalized spacial score (nSPS) is 19.6. The Labute approximate surface area is 140 Å². The van der Waals surface area contributed by atoms with E-state index in [9.17, 15) is 0 Å². The van der Waals surface area contributed by atoms with Gasteiger partial charge in [-0.15, -0.1) is 0 Å². The second-order valence-electron chi connectivity index (χ2n) is 5.39. The molecular formula is C19H16O3Sn. The van der Waals surface area contributed by atoms with E-state index < -0.39 is 25.5 Å². The van der Waals surface area contributed by atoms with Crippen LogP contribution in [0.5, 0.6) is 0 Å². The molecule has 3 aromatic carbocycles. The maximum absolute atomic E-state index is 6.47. The van der Waals surface area contributed by atoms with Crippen LogP contribution in [-0.4, -0.2) is 19.2 Å². The molecule has 0 aliphatic carbocycles. The summed E-state index contributed by atoms with van der Waals surface area (Å²) in [7, 11) is 0. The molecule has 1 saturated heterocycles. The van der Waals surface area contributed by atoms with Gasteiger partial charge in [0.05, 0.1) is 0 Å². The van der Waals surface area contributed by atoms with Gasteiger partial charge >= 0.3 is 140 Å². The molecule has 1 heterocycles. The summed E-state index contributed by atoms with van der Waals surface area (Å²) in [6.45, 7) is 0. The van der Waals surface area contributed by atoms with Crippen LogP contribution in [0.3, 0.4) is 0 Å². The minimum absolute atomic E-state index is 0.479. The third kappa shape index (κ3) is 2.81. The Bertz CT molecular complexity index is 723. The predicted molar refractivity (Wildman–Crippen MR) is 90.3 cm³/mol. The second-order valence-corrected chi connectivity index (χ2v) is 13.4. The Morgan fingerprint density at radius 2 is 1.09 bits per heavy atom. The fraction of sp³-hybridized carbons (Fsp3) is 0.0526. The van der Waals surface area contributed by atoms with Gasteiger partial charge in [0.15, 0.2) is 0 Å². The molecule has 0 N–H and O–H groups in total. The molecule has 1 fully saturated rings. The Kier molecular flexibility index (Phi) is 4.18. The second kappa shape index (κ2) is 6.45. The van der Waals surface area contributed by atoms with Gasteiger partial charge < -0.3 is 0 Å². The van der Waals surface area contributed by atoms with Gasteiger partial charge in [0, 0.05) is 0 Å². The molecule has 114 valence electrons. The number of rotatable bonds is 3. The van der Waals surface area contributed by atoms with Crippen LogP contribution in [0.25, 0.3) is 0 Å². The van der Waals surface area contributed by atoms with Crippen molar-refractivity contribution in [1.29, 1.82) is 0 Å². The van der Waals surface area contributed by atoms with Gasteiger partial charge in [-0.1, -0.05) is 0 Å². The van der Waals surface area contributed by atoms with Crippen LogP contribution in [0.2, 0.25) is 0 Å². The zero-order chi connectivity index (χ0) is 15.5. The van der Waals surface area contributed by atoms with Gasteiger partial charge in [0.1, 0.15) is 0 Å².